The number of aromatic nitrogens is 2. The number of para-hydroxylation sites is 1. The molecule has 1 N–H and O–H groups in total. The number of amides is 1. The van der Waals surface area contributed by atoms with Crippen molar-refractivity contribution in [3.05, 3.63) is 65.6 Å². The summed E-state index contributed by atoms with van der Waals surface area (Å²) in [7, 11) is 0. The Morgan fingerprint density at radius 3 is 2.65 bits per heavy atom. The van der Waals surface area contributed by atoms with Gasteiger partial charge in [-0.25, -0.2) is 4.98 Å². The Morgan fingerprint density at radius 1 is 1.10 bits per heavy atom. The van der Waals surface area contributed by atoms with Crippen LogP contribution in [0.25, 0.3) is 5.65 Å². The van der Waals surface area contributed by atoms with Gasteiger partial charge in [0, 0.05) is 11.9 Å². The zero-order valence-electron chi connectivity index (χ0n) is 11.4. The number of fused-ring (bicyclic) bond motifs is 1. The number of anilines is 1. The molecule has 0 aliphatic rings. The van der Waals surface area contributed by atoms with E-state index >= 15 is 0 Å². The second kappa shape index (κ2) is 4.81. The van der Waals surface area contributed by atoms with Gasteiger partial charge in [-0.2, -0.15) is 0 Å². The normalized spacial score (nSPS) is 10.7. The van der Waals surface area contributed by atoms with Crippen molar-refractivity contribution in [2.45, 2.75) is 13.8 Å². The maximum Gasteiger partial charge on any atom is 0.274 e. The molecular formula is C16H15N3O. The van der Waals surface area contributed by atoms with E-state index in [1.165, 1.54) is 0 Å². The maximum atomic E-state index is 12.5. The van der Waals surface area contributed by atoms with E-state index in [1.807, 2.05) is 66.9 Å². The second-order valence-corrected chi connectivity index (χ2v) is 4.74. The van der Waals surface area contributed by atoms with Crippen molar-refractivity contribution in [2.75, 3.05) is 5.32 Å². The lowest BCUT2D eigenvalue weighted by Gasteiger charge is -2.08. The summed E-state index contributed by atoms with van der Waals surface area (Å²) in [6.45, 7) is 3.82. The van der Waals surface area contributed by atoms with Crippen LogP contribution >= 0.6 is 0 Å². The summed E-state index contributed by atoms with van der Waals surface area (Å²) in [5.41, 5.74) is 3.93. The fourth-order valence-corrected chi connectivity index (χ4v) is 2.28. The van der Waals surface area contributed by atoms with Crippen molar-refractivity contribution >= 4 is 17.2 Å². The van der Waals surface area contributed by atoms with E-state index in [4.69, 9.17) is 0 Å². The predicted molar refractivity (Wildman–Crippen MR) is 79.1 cm³/mol. The van der Waals surface area contributed by atoms with Gasteiger partial charge >= 0.3 is 0 Å². The van der Waals surface area contributed by atoms with Gasteiger partial charge in [-0.15, -0.1) is 0 Å². The van der Waals surface area contributed by atoms with Crippen LogP contribution in [0.15, 0.2) is 48.7 Å². The smallest absolute Gasteiger partial charge is 0.274 e. The van der Waals surface area contributed by atoms with Gasteiger partial charge in [-0.05, 0) is 37.6 Å². The average molecular weight is 265 g/mol. The van der Waals surface area contributed by atoms with E-state index in [-0.39, 0.29) is 5.91 Å². The molecule has 0 aliphatic heterocycles. The molecule has 4 heteroatoms. The summed E-state index contributed by atoms with van der Waals surface area (Å²) < 4.78 is 1.81. The largest absolute Gasteiger partial charge is 0.320 e. The molecule has 20 heavy (non-hydrogen) atoms. The number of nitrogens with one attached hydrogen (secondary N) is 1. The molecule has 0 fully saturated rings. The number of hydrogen-bond acceptors (Lipinski definition) is 2. The molecule has 0 aliphatic carbocycles. The lowest BCUT2D eigenvalue weighted by molar-refractivity contribution is 0.102. The van der Waals surface area contributed by atoms with Gasteiger partial charge in [-0.1, -0.05) is 24.3 Å². The zero-order valence-corrected chi connectivity index (χ0v) is 11.4. The first-order valence-electron chi connectivity index (χ1n) is 6.47. The van der Waals surface area contributed by atoms with E-state index in [2.05, 4.69) is 10.3 Å². The van der Waals surface area contributed by atoms with Gasteiger partial charge in [-0.3, -0.25) is 9.20 Å². The molecule has 0 bridgehead atoms. The van der Waals surface area contributed by atoms with Crippen LogP contribution in [0.4, 0.5) is 5.69 Å². The molecule has 3 rings (SSSR count). The number of aryl methyl sites for hydroxylation is 2. The number of hydrogen-bond donors (Lipinski definition) is 1. The number of carbonyl (C=O) groups excluding carboxylic acids is 1. The highest BCUT2D eigenvalue weighted by Gasteiger charge is 2.16. The van der Waals surface area contributed by atoms with Crippen LogP contribution in [0.2, 0.25) is 0 Å². The minimum absolute atomic E-state index is 0.143. The number of carbonyl (C=O) groups is 1. The molecular weight excluding hydrogens is 250 g/mol. The van der Waals surface area contributed by atoms with Gasteiger partial charge in [0.15, 0.2) is 0 Å². The third-order valence-corrected chi connectivity index (χ3v) is 3.31. The summed E-state index contributed by atoms with van der Waals surface area (Å²) in [6.07, 6.45) is 1.85. The van der Waals surface area contributed by atoms with Crippen LogP contribution in [0, 0.1) is 13.8 Å². The van der Waals surface area contributed by atoms with Gasteiger partial charge in [0.2, 0.25) is 0 Å². The molecule has 0 spiro atoms. The molecule has 2 aromatic heterocycles. The quantitative estimate of drug-likeness (QED) is 0.773. The molecule has 0 saturated carbocycles. The number of imidazole rings is 1. The molecule has 0 radical (unpaired) electrons. The topological polar surface area (TPSA) is 46.4 Å². The summed E-state index contributed by atoms with van der Waals surface area (Å²) in [5, 5.41) is 2.95. The zero-order chi connectivity index (χ0) is 14.1. The monoisotopic (exact) mass is 265 g/mol. The van der Waals surface area contributed by atoms with Crippen LogP contribution in [-0.2, 0) is 0 Å². The van der Waals surface area contributed by atoms with Gasteiger partial charge in [0.05, 0.1) is 5.69 Å². The molecule has 3 aromatic rings. The van der Waals surface area contributed by atoms with Crippen LogP contribution in [0.1, 0.15) is 21.7 Å². The van der Waals surface area contributed by atoms with Crippen molar-refractivity contribution < 1.29 is 4.79 Å². The number of nitrogens with zero attached hydrogens (tertiary/aromatic N) is 2. The van der Waals surface area contributed by atoms with E-state index in [0.717, 1.165) is 22.6 Å². The van der Waals surface area contributed by atoms with Crippen molar-refractivity contribution in [1.82, 2.24) is 9.38 Å². The van der Waals surface area contributed by atoms with E-state index in [0.29, 0.717) is 5.69 Å². The van der Waals surface area contributed by atoms with Gasteiger partial charge < -0.3 is 5.32 Å². The number of benzene rings is 1. The average Bonchev–Trinajstić information content (AvgIpc) is 2.77. The van der Waals surface area contributed by atoms with E-state index in [9.17, 15) is 4.79 Å². The van der Waals surface area contributed by atoms with Crippen molar-refractivity contribution in [3.8, 4) is 0 Å². The van der Waals surface area contributed by atoms with Gasteiger partial charge in [0.1, 0.15) is 11.3 Å². The summed E-state index contributed by atoms with van der Waals surface area (Å²) >= 11 is 0. The Morgan fingerprint density at radius 2 is 1.85 bits per heavy atom. The first-order valence-corrected chi connectivity index (χ1v) is 6.47. The highest BCUT2D eigenvalue weighted by Crippen LogP contribution is 2.17. The SMILES string of the molecule is Cc1ccccc1NC(=O)c1c(C)nc2ccccn12. The predicted octanol–water partition coefficient (Wildman–Crippen LogP) is 3.20. The Kier molecular flexibility index (Phi) is 2.99. The second-order valence-electron chi connectivity index (χ2n) is 4.74. The van der Waals surface area contributed by atoms with Gasteiger partial charge in [0.25, 0.3) is 5.91 Å². The highest BCUT2D eigenvalue weighted by atomic mass is 16.2. The first kappa shape index (κ1) is 12.4. The molecule has 2 heterocycles. The van der Waals surface area contributed by atoms with E-state index < -0.39 is 0 Å². The van der Waals surface area contributed by atoms with E-state index in [1.54, 1.807) is 0 Å². The van der Waals surface area contributed by atoms with Crippen LogP contribution < -0.4 is 5.32 Å². The lowest BCUT2D eigenvalue weighted by atomic mass is 10.2. The Labute approximate surface area is 117 Å². The highest BCUT2D eigenvalue weighted by molar-refractivity contribution is 6.04. The fourth-order valence-electron chi connectivity index (χ4n) is 2.28. The Balaban J connectivity index is 2.01. The lowest BCUT2D eigenvalue weighted by Crippen LogP contribution is -2.16. The fraction of sp³-hybridized carbons (Fsp3) is 0.125. The molecule has 4 nitrogen and oxygen atoms in total. The third kappa shape index (κ3) is 2.05. The summed E-state index contributed by atoms with van der Waals surface area (Å²) in [4.78, 5) is 16.9. The molecule has 0 saturated heterocycles. The van der Waals surface area contributed by atoms with Crippen LogP contribution in [0.3, 0.4) is 0 Å². The minimum atomic E-state index is -0.143. The summed E-state index contributed by atoms with van der Waals surface area (Å²) in [6, 6.07) is 13.4. The van der Waals surface area contributed by atoms with Crippen LogP contribution in [0.5, 0.6) is 0 Å². The van der Waals surface area contributed by atoms with Crippen molar-refractivity contribution in [2.24, 2.45) is 0 Å². The maximum absolute atomic E-state index is 12.5. The molecule has 1 amide bonds. The molecule has 100 valence electrons. The molecule has 1 aromatic carbocycles. The van der Waals surface area contributed by atoms with Crippen molar-refractivity contribution in [3.63, 3.8) is 0 Å². The summed E-state index contributed by atoms with van der Waals surface area (Å²) in [5.74, 6) is -0.143. The standard InChI is InChI=1S/C16H15N3O/c1-11-7-3-4-8-13(11)18-16(20)15-12(2)17-14-9-5-6-10-19(14)15/h3-10H,1-2H3,(H,18,20). The Bertz CT molecular complexity index is 789. The Hall–Kier alpha value is -2.62. The van der Waals surface area contributed by atoms with Crippen LogP contribution in [-0.4, -0.2) is 15.3 Å². The number of pyridine rings is 1. The first-order chi connectivity index (χ1) is 9.66. The number of rotatable bonds is 2. The third-order valence-electron chi connectivity index (χ3n) is 3.31. The molecule has 0 atom stereocenters. The minimum Gasteiger partial charge on any atom is -0.320 e. The van der Waals surface area contributed by atoms with Crippen molar-refractivity contribution in [1.29, 1.82) is 0 Å². The molecule has 0 unspecified atom stereocenters.